The Morgan fingerprint density at radius 3 is 2.70 bits per heavy atom. The molecule has 20 heavy (non-hydrogen) atoms. The topological polar surface area (TPSA) is 39.1 Å². The van der Waals surface area contributed by atoms with Crippen molar-refractivity contribution < 1.29 is 0 Å². The van der Waals surface area contributed by atoms with E-state index in [0.29, 0.717) is 0 Å². The molecule has 1 heterocycles. The molecule has 0 amide bonds. The number of nitriles is 1. The average molecular weight is 271 g/mol. The van der Waals surface area contributed by atoms with Crippen molar-refractivity contribution in [1.29, 1.82) is 5.26 Å². The van der Waals surface area contributed by atoms with E-state index in [1.807, 2.05) is 12.1 Å². The number of rotatable bonds is 5. The van der Waals surface area contributed by atoms with Crippen molar-refractivity contribution in [2.75, 3.05) is 26.2 Å². The highest BCUT2D eigenvalue weighted by Gasteiger charge is 2.19. The minimum Gasteiger partial charge on any atom is -0.317 e. The highest BCUT2D eigenvalue weighted by Crippen LogP contribution is 2.20. The van der Waals surface area contributed by atoms with Crippen molar-refractivity contribution in [2.45, 2.75) is 33.2 Å². The number of nitrogens with one attached hydrogen (secondary N) is 1. The van der Waals surface area contributed by atoms with Gasteiger partial charge in [-0.25, -0.2) is 0 Å². The van der Waals surface area contributed by atoms with Gasteiger partial charge in [0, 0.05) is 6.54 Å². The molecule has 0 atom stereocenters. The number of piperidine rings is 1. The van der Waals surface area contributed by atoms with E-state index in [-0.39, 0.29) is 0 Å². The van der Waals surface area contributed by atoms with Crippen LogP contribution in [0.25, 0.3) is 0 Å². The van der Waals surface area contributed by atoms with Gasteiger partial charge < -0.3 is 5.32 Å². The van der Waals surface area contributed by atoms with E-state index in [1.54, 1.807) is 0 Å². The summed E-state index contributed by atoms with van der Waals surface area (Å²) in [6.07, 6.45) is 2.59. The van der Waals surface area contributed by atoms with Crippen LogP contribution in [0.4, 0.5) is 0 Å². The zero-order valence-electron chi connectivity index (χ0n) is 12.7. The van der Waals surface area contributed by atoms with Gasteiger partial charge in [0.05, 0.1) is 11.6 Å². The van der Waals surface area contributed by atoms with Crippen LogP contribution in [-0.4, -0.2) is 31.1 Å². The summed E-state index contributed by atoms with van der Waals surface area (Å²) in [6, 6.07) is 8.24. The lowest BCUT2D eigenvalue weighted by molar-refractivity contribution is 0.175. The van der Waals surface area contributed by atoms with Crippen LogP contribution in [0.1, 0.15) is 36.5 Å². The molecule has 0 unspecified atom stereocenters. The predicted octanol–water partition coefficient (Wildman–Crippen LogP) is 2.69. The summed E-state index contributed by atoms with van der Waals surface area (Å²) in [7, 11) is 0. The molecule has 0 aliphatic carbocycles. The quantitative estimate of drug-likeness (QED) is 0.895. The van der Waals surface area contributed by atoms with Crippen molar-refractivity contribution in [3.8, 4) is 6.07 Å². The Morgan fingerprint density at radius 1 is 1.35 bits per heavy atom. The molecule has 1 aliphatic rings. The summed E-state index contributed by atoms with van der Waals surface area (Å²) in [6.45, 7) is 9.91. The van der Waals surface area contributed by atoms with Crippen molar-refractivity contribution in [3.63, 3.8) is 0 Å². The first-order chi connectivity index (χ1) is 9.72. The van der Waals surface area contributed by atoms with Crippen LogP contribution in [0.5, 0.6) is 0 Å². The molecule has 108 valence electrons. The molecule has 1 aromatic carbocycles. The first-order valence-corrected chi connectivity index (χ1v) is 7.65. The lowest BCUT2D eigenvalue weighted by Gasteiger charge is -2.32. The number of benzene rings is 1. The summed E-state index contributed by atoms with van der Waals surface area (Å²) < 4.78 is 0. The fourth-order valence-electron chi connectivity index (χ4n) is 2.88. The van der Waals surface area contributed by atoms with E-state index >= 15 is 0 Å². The van der Waals surface area contributed by atoms with E-state index in [4.69, 9.17) is 5.26 Å². The van der Waals surface area contributed by atoms with Crippen LogP contribution in [0.2, 0.25) is 0 Å². The molecule has 1 fully saturated rings. The molecule has 0 spiro atoms. The highest BCUT2D eigenvalue weighted by molar-refractivity contribution is 5.37. The van der Waals surface area contributed by atoms with Crippen molar-refractivity contribution in [2.24, 2.45) is 5.92 Å². The van der Waals surface area contributed by atoms with Gasteiger partial charge in [-0.1, -0.05) is 13.0 Å². The Hall–Kier alpha value is -1.37. The molecule has 1 aromatic rings. The Bertz CT molecular complexity index is 468. The molecule has 1 N–H and O–H groups in total. The second-order valence-corrected chi connectivity index (χ2v) is 5.78. The fourth-order valence-corrected chi connectivity index (χ4v) is 2.88. The maximum atomic E-state index is 8.91. The van der Waals surface area contributed by atoms with Gasteiger partial charge in [-0.15, -0.1) is 0 Å². The zero-order valence-corrected chi connectivity index (χ0v) is 12.7. The molecule has 1 saturated heterocycles. The molecule has 3 nitrogen and oxygen atoms in total. The number of nitrogens with zero attached hydrogens (tertiary/aromatic N) is 2. The molecule has 2 rings (SSSR count). The lowest BCUT2D eigenvalue weighted by Crippen LogP contribution is -2.37. The Balaban J connectivity index is 1.85. The number of aryl methyl sites for hydroxylation is 1. The van der Waals surface area contributed by atoms with E-state index in [1.165, 1.54) is 43.6 Å². The van der Waals surface area contributed by atoms with Gasteiger partial charge in [0.25, 0.3) is 0 Å². The summed E-state index contributed by atoms with van der Waals surface area (Å²) in [5.74, 6) is 0.841. The van der Waals surface area contributed by atoms with Gasteiger partial charge in [-0.2, -0.15) is 5.26 Å². The SMILES string of the molecule is CCNCC1CCN(Cc2ccc(C#N)cc2C)CC1. The third kappa shape index (κ3) is 4.06. The molecule has 0 radical (unpaired) electrons. The second-order valence-electron chi connectivity index (χ2n) is 5.78. The third-order valence-corrected chi connectivity index (χ3v) is 4.26. The van der Waals surface area contributed by atoms with Crippen LogP contribution >= 0.6 is 0 Å². The van der Waals surface area contributed by atoms with E-state index in [0.717, 1.165) is 24.6 Å². The van der Waals surface area contributed by atoms with Crippen molar-refractivity contribution in [1.82, 2.24) is 10.2 Å². The molecule has 0 aromatic heterocycles. The summed E-state index contributed by atoms with van der Waals surface area (Å²) in [5.41, 5.74) is 3.35. The average Bonchev–Trinajstić information content (AvgIpc) is 2.48. The van der Waals surface area contributed by atoms with Crippen LogP contribution in [0.15, 0.2) is 18.2 Å². The van der Waals surface area contributed by atoms with Gasteiger partial charge in [0.1, 0.15) is 0 Å². The molecule has 0 saturated carbocycles. The lowest BCUT2D eigenvalue weighted by atomic mass is 9.96. The normalized spacial score (nSPS) is 17.1. The monoisotopic (exact) mass is 271 g/mol. The van der Waals surface area contributed by atoms with Gasteiger partial charge in [-0.05, 0) is 75.1 Å². The van der Waals surface area contributed by atoms with Crippen LogP contribution < -0.4 is 5.32 Å². The second kappa shape index (κ2) is 7.42. The highest BCUT2D eigenvalue weighted by atomic mass is 15.1. The van der Waals surface area contributed by atoms with E-state index < -0.39 is 0 Å². The van der Waals surface area contributed by atoms with Gasteiger partial charge in [0.2, 0.25) is 0 Å². The number of hydrogen-bond acceptors (Lipinski definition) is 3. The Morgan fingerprint density at radius 2 is 2.10 bits per heavy atom. The standard InChI is InChI=1S/C17H25N3/c1-3-19-12-15-6-8-20(9-7-15)13-17-5-4-16(11-18)10-14(17)2/h4-5,10,15,19H,3,6-9,12-13H2,1-2H3. The van der Waals surface area contributed by atoms with Crippen LogP contribution in [-0.2, 0) is 6.54 Å². The van der Waals surface area contributed by atoms with E-state index in [2.05, 4.69) is 36.2 Å². The van der Waals surface area contributed by atoms with Gasteiger partial charge in [-0.3, -0.25) is 4.90 Å². The van der Waals surface area contributed by atoms with Crippen LogP contribution in [0, 0.1) is 24.2 Å². The Labute approximate surface area is 122 Å². The third-order valence-electron chi connectivity index (χ3n) is 4.26. The van der Waals surface area contributed by atoms with Crippen LogP contribution in [0.3, 0.4) is 0 Å². The van der Waals surface area contributed by atoms with Gasteiger partial charge >= 0.3 is 0 Å². The maximum absolute atomic E-state index is 8.91. The number of hydrogen-bond donors (Lipinski definition) is 1. The first-order valence-electron chi connectivity index (χ1n) is 7.65. The first kappa shape index (κ1) is 15.0. The fraction of sp³-hybridized carbons (Fsp3) is 0.588. The molecule has 3 heteroatoms. The Kier molecular flexibility index (Phi) is 5.58. The maximum Gasteiger partial charge on any atom is 0.0991 e. The smallest absolute Gasteiger partial charge is 0.0991 e. The van der Waals surface area contributed by atoms with Gasteiger partial charge in [0.15, 0.2) is 0 Å². The molecular weight excluding hydrogens is 246 g/mol. The minimum absolute atomic E-state index is 0.760. The summed E-state index contributed by atoms with van der Waals surface area (Å²) in [5, 5.41) is 12.4. The summed E-state index contributed by atoms with van der Waals surface area (Å²) in [4.78, 5) is 2.54. The zero-order chi connectivity index (χ0) is 14.4. The van der Waals surface area contributed by atoms with Crippen molar-refractivity contribution in [3.05, 3.63) is 34.9 Å². The summed E-state index contributed by atoms with van der Waals surface area (Å²) >= 11 is 0. The molecule has 0 bridgehead atoms. The largest absolute Gasteiger partial charge is 0.317 e. The molecular formula is C17H25N3. The predicted molar refractivity (Wildman–Crippen MR) is 82.4 cm³/mol. The minimum atomic E-state index is 0.760. The van der Waals surface area contributed by atoms with E-state index in [9.17, 15) is 0 Å². The number of likely N-dealkylation sites (tertiary alicyclic amines) is 1. The van der Waals surface area contributed by atoms with Crippen molar-refractivity contribution >= 4 is 0 Å². The molecule has 1 aliphatic heterocycles.